The Balaban J connectivity index is 1.07. The molecule has 2 aliphatic rings. The second-order valence-corrected chi connectivity index (χ2v) is 19.5. The zero-order valence-corrected chi connectivity index (χ0v) is 40.5. The zero-order valence-electron chi connectivity index (χ0n) is 40.5. The molecule has 12 aromatic rings. The standard InChI is InChI=1S/C67H48BN3O2/c1-44(2)49-40-60-65-61(41-49)71(56-38-50(45-20-7-3-8-21-45)36-51(39-56)46-22-9-4-10-23-46)66-57-31-16-18-33-63(57)73-67(66)68(65)58-35-34-55(69(52-26-11-5-12-27-52)53-28-13-6-14-29-53)43-59(58)70(60)54-30-19-25-47(37-54)64-42-48-24-15-17-32-62(48)72-64/h3-44H,1-2H3. The Morgan fingerprint density at radius 3 is 1.64 bits per heavy atom. The van der Waals surface area contributed by atoms with Gasteiger partial charge in [0.25, 0.3) is 6.71 Å². The summed E-state index contributed by atoms with van der Waals surface area (Å²) < 4.78 is 13.9. The molecule has 10 aromatic carbocycles. The van der Waals surface area contributed by atoms with Gasteiger partial charge in [-0.25, -0.2) is 0 Å². The van der Waals surface area contributed by atoms with Gasteiger partial charge in [0.15, 0.2) is 0 Å². The van der Waals surface area contributed by atoms with Gasteiger partial charge >= 0.3 is 0 Å². The van der Waals surface area contributed by atoms with E-state index < -0.39 is 0 Å². The van der Waals surface area contributed by atoms with Gasteiger partial charge in [0.05, 0.1) is 11.3 Å². The summed E-state index contributed by atoms with van der Waals surface area (Å²) in [6, 6.07) is 89.6. The summed E-state index contributed by atoms with van der Waals surface area (Å²) in [7, 11) is 0. The number of anilines is 9. The third-order valence-corrected chi connectivity index (χ3v) is 14.7. The van der Waals surface area contributed by atoms with Gasteiger partial charge in [0, 0.05) is 61.8 Å². The fourth-order valence-corrected chi connectivity index (χ4v) is 11.3. The fraction of sp³-hybridized carbons (Fsp3) is 0.0448. The van der Waals surface area contributed by atoms with Crippen LogP contribution < -0.4 is 31.3 Å². The number of hydrogen-bond acceptors (Lipinski definition) is 5. The van der Waals surface area contributed by atoms with Crippen LogP contribution >= 0.6 is 0 Å². The molecule has 2 aliphatic heterocycles. The second kappa shape index (κ2) is 17.3. The van der Waals surface area contributed by atoms with E-state index in [9.17, 15) is 0 Å². The first kappa shape index (κ1) is 42.6. The van der Waals surface area contributed by atoms with Crippen molar-refractivity contribution in [2.45, 2.75) is 19.8 Å². The van der Waals surface area contributed by atoms with Crippen LogP contribution in [0.15, 0.2) is 258 Å². The summed E-state index contributed by atoms with van der Waals surface area (Å²) in [5, 5.41) is 2.15. The van der Waals surface area contributed by atoms with Crippen LogP contribution in [0.4, 0.5) is 51.2 Å². The second-order valence-electron chi connectivity index (χ2n) is 19.5. The fourth-order valence-electron chi connectivity index (χ4n) is 11.3. The van der Waals surface area contributed by atoms with E-state index >= 15 is 0 Å². The molecule has 0 spiro atoms. The average Bonchev–Trinajstić information content (AvgIpc) is 4.07. The van der Waals surface area contributed by atoms with E-state index in [4.69, 9.17) is 8.83 Å². The topological polar surface area (TPSA) is 36.0 Å². The van der Waals surface area contributed by atoms with E-state index in [1.165, 1.54) is 11.0 Å². The van der Waals surface area contributed by atoms with Crippen LogP contribution in [0.2, 0.25) is 0 Å². The van der Waals surface area contributed by atoms with Gasteiger partial charge in [0.2, 0.25) is 0 Å². The van der Waals surface area contributed by atoms with E-state index in [1.807, 2.05) is 12.1 Å². The molecule has 0 unspecified atom stereocenters. The van der Waals surface area contributed by atoms with Gasteiger partial charge in [-0.3, -0.25) is 0 Å². The van der Waals surface area contributed by atoms with Crippen LogP contribution in [-0.4, -0.2) is 6.71 Å². The Labute approximate surface area is 425 Å². The highest BCUT2D eigenvalue weighted by molar-refractivity contribution is 7.00. The van der Waals surface area contributed by atoms with Crippen molar-refractivity contribution in [2.75, 3.05) is 14.7 Å². The smallest absolute Gasteiger partial charge is 0.297 e. The Morgan fingerprint density at radius 1 is 0.411 bits per heavy atom. The minimum Gasteiger partial charge on any atom is -0.468 e. The number of rotatable bonds is 9. The summed E-state index contributed by atoms with van der Waals surface area (Å²) in [6.45, 7) is 4.37. The number of nitrogens with zero attached hydrogens (tertiary/aromatic N) is 3. The molecule has 5 nitrogen and oxygen atoms in total. The SMILES string of the molecule is CC(C)c1cc2c3c(c1)N(c1cc(-c4ccccc4)cc(-c4ccccc4)c1)c1c(oc4ccccc14)B3c1ccc(N(c3ccccc3)c3ccccc3)cc1N2c1cccc(-c2cc3ccccc3o2)c1. The van der Waals surface area contributed by atoms with Crippen LogP contribution in [0.1, 0.15) is 25.3 Å². The van der Waals surface area contributed by atoms with Crippen LogP contribution in [-0.2, 0) is 0 Å². The molecule has 346 valence electrons. The highest BCUT2D eigenvalue weighted by atomic mass is 16.3. The normalized spacial score (nSPS) is 12.6. The van der Waals surface area contributed by atoms with Crippen LogP contribution in [0.5, 0.6) is 0 Å². The van der Waals surface area contributed by atoms with Crippen molar-refractivity contribution < 1.29 is 8.83 Å². The molecule has 0 saturated heterocycles. The molecule has 4 heterocycles. The summed E-state index contributed by atoms with van der Waals surface area (Å²) in [4.78, 5) is 7.37. The summed E-state index contributed by atoms with van der Waals surface area (Å²) in [5.41, 5.74) is 21.5. The van der Waals surface area contributed by atoms with Crippen molar-refractivity contribution in [3.05, 3.63) is 254 Å². The van der Waals surface area contributed by atoms with Crippen LogP contribution in [0.25, 0.3) is 55.5 Å². The Morgan fingerprint density at radius 2 is 0.986 bits per heavy atom. The first-order valence-corrected chi connectivity index (χ1v) is 25.2. The maximum atomic E-state index is 7.34. The lowest BCUT2D eigenvalue weighted by Crippen LogP contribution is -2.61. The Bertz CT molecular complexity index is 3900. The molecular formula is C67H48BN3O2. The van der Waals surface area contributed by atoms with Crippen molar-refractivity contribution in [1.29, 1.82) is 0 Å². The van der Waals surface area contributed by atoms with E-state index in [2.05, 4.69) is 265 Å². The molecule has 6 heteroatoms. The Hall–Kier alpha value is -9.26. The maximum Gasteiger partial charge on any atom is 0.297 e. The third-order valence-electron chi connectivity index (χ3n) is 14.7. The van der Waals surface area contributed by atoms with E-state index in [-0.39, 0.29) is 12.6 Å². The van der Waals surface area contributed by atoms with Crippen molar-refractivity contribution >= 4 is 96.4 Å². The summed E-state index contributed by atoms with van der Waals surface area (Å²) in [5.74, 6) is 1.04. The van der Waals surface area contributed by atoms with Crippen molar-refractivity contribution in [3.8, 4) is 33.6 Å². The molecule has 14 rings (SSSR count). The quantitative estimate of drug-likeness (QED) is 0.135. The van der Waals surface area contributed by atoms with Crippen LogP contribution in [0, 0.1) is 0 Å². The molecular weight excluding hydrogens is 890 g/mol. The van der Waals surface area contributed by atoms with E-state index in [0.717, 1.165) is 118 Å². The highest BCUT2D eigenvalue weighted by Crippen LogP contribution is 2.50. The molecule has 73 heavy (non-hydrogen) atoms. The maximum absolute atomic E-state index is 7.34. The lowest BCUT2D eigenvalue weighted by molar-refractivity contribution is 0.631. The number of benzene rings is 10. The molecule has 0 radical (unpaired) electrons. The van der Waals surface area contributed by atoms with Crippen molar-refractivity contribution in [2.24, 2.45) is 0 Å². The number of furan rings is 2. The van der Waals surface area contributed by atoms with Gasteiger partial charge in [0.1, 0.15) is 16.9 Å². The number of para-hydroxylation sites is 4. The largest absolute Gasteiger partial charge is 0.468 e. The summed E-state index contributed by atoms with van der Waals surface area (Å²) >= 11 is 0. The van der Waals surface area contributed by atoms with Gasteiger partial charge < -0.3 is 23.5 Å². The number of hydrogen-bond donors (Lipinski definition) is 0. The van der Waals surface area contributed by atoms with Gasteiger partial charge in [-0.15, -0.1) is 0 Å². The molecule has 0 amide bonds. The molecule has 0 aliphatic carbocycles. The minimum atomic E-state index is -0.239. The Kier molecular flexibility index (Phi) is 10.1. The number of fused-ring (bicyclic) bond motifs is 7. The first-order valence-electron chi connectivity index (χ1n) is 25.2. The van der Waals surface area contributed by atoms with Crippen molar-refractivity contribution in [3.63, 3.8) is 0 Å². The zero-order chi connectivity index (χ0) is 48.6. The third kappa shape index (κ3) is 7.17. The molecule has 0 saturated carbocycles. The van der Waals surface area contributed by atoms with E-state index in [0.29, 0.717) is 0 Å². The van der Waals surface area contributed by atoms with Crippen molar-refractivity contribution in [1.82, 2.24) is 0 Å². The monoisotopic (exact) mass is 937 g/mol. The van der Waals surface area contributed by atoms with Crippen LogP contribution in [0.3, 0.4) is 0 Å². The summed E-state index contributed by atoms with van der Waals surface area (Å²) in [6.07, 6.45) is 0. The molecule has 0 fully saturated rings. The lowest BCUT2D eigenvalue weighted by Gasteiger charge is -2.43. The predicted octanol–water partition coefficient (Wildman–Crippen LogP) is 16.9. The first-order chi connectivity index (χ1) is 36.0. The van der Waals surface area contributed by atoms with E-state index in [1.54, 1.807) is 0 Å². The highest BCUT2D eigenvalue weighted by Gasteiger charge is 2.47. The molecule has 0 N–H and O–H groups in total. The van der Waals surface area contributed by atoms with Gasteiger partial charge in [-0.05, 0) is 148 Å². The lowest BCUT2D eigenvalue weighted by atomic mass is 9.35. The molecule has 0 bridgehead atoms. The molecule has 2 aromatic heterocycles. The predicted molar refractivity (Wildman–Crippen MR) is 305 cm³/mol. The van der Waals surface area contributed by atoms with Gasteiger partial charge in [-0.2, -0.15) is 0 Å². The minimum absolute atomic E-state index is 0.211. The molecule has 0 atom stereocenters. The van der Waals surface area contributed by atoms with Gasteiger partial charge in [-0.1, -0.05) is 159 Å². The average molecular weight is 938 g/mol.